The first-order valence-electron chi connectivity index (χ1n) is 13.2. The summed E-state index contributed by atoms with van der Waals surface area (Å²) in [5.74, 6) is -0.432. The Morgan fingerprint density at radius 2 is 0.721 bits per heavy atom. The van der Waals surface area contributed by atoms with Gasteiger partial charge in [-0.25, -0.2) is 29.3 Å². The number of hydrogen-bond acceptors (Lipinski definition) is 9. The minimum absolute atomic E-state index is 0.168. The van der Waals surface area contributed by atoms with Gasteiger partial charge in [-0.1, -0.05) is 0 Å². The summed E-state index contributed by atoms with van der Waals surface area (Å²) in [7, 11) is 8.72. The van der Waals surface area contributed by atoms with Gasteiger partial charge in [-0.05, 0) is 0 Å². The van der Waals surface area contributed by atoms with Crippen molar-refractivity contribution in [1.82, 2.24) is 56.1 Å². The van der Waals surface area contributed by atoms with Crippen molar-refractivity contribution in [3.8, 4) is 0 Å². The standard InChI is InChI=1S/C25H28N12O6/c1-29-17-14(20(38)32(4)23(29)41)35(10-26-17)7-13(8-36-11-27-18-15(36)21(39)33(5)24(42)30(18)2)9-37-12-28-19-16(37)22(40)34(6)25(43)31(19)3/h10-13H,7-9H2,1-6H3. The molecule has 0 fully saturated rings. The summed E-state index contributed by atoms with van der Waals surface area (Å²) in [5.41, 5.74) is -1.88. The van der Waals surface area contributed by atoms with Crippen LogP contribution in [0.25, 0.3) is 33.5 Å². The topological polar surface area (TPSA) is 185 Å². The first-order valence-corrected chi connectivity index (χ1v) is 13.2. The van der Waals surface area contributed by atoms with Gasteiger partial charge in [0.25, 0.3) is 16.7 Å². The lowest BCUT2D eigenvalue weighted by Crippen LogP contribution is -2.38. The van der Waals surface area contributed by atoms with Crippen LogP contribution in [0.2, 0.25) is 0 Å². The van der Waals surface area contributed by atoms with Crippen molar-refractivity contribution in [3.05, 3.63) is 81.5 Å². The molecule has 0 atom stereocenters. The predicted octanol–water partition coefficient (Wildman–Crippen LogP) is -3.06. The van der Waals surface area contributed by atoms with Crippen LogP contribution in [0, 0.1) is 5.92 Å². The zero-order chi connectivity index (χ0) is 31.1. The van der Waals surface area contributed by atoms with Gasteiger partial charge in [0, 0.05) is 67.8 Å². The van der Waals surface area contributed by atoms with Crippen molar-refractivity contribution in [2.75, 3.05) is 0 Å². The Morgan fingerprint density at radius 1 is 0.465 bits per heavy atom. The van der Waals surface area contributed by atoms with Crippen molar-refractivity contribution >= 4 is 33.5 Å². The second kappa shape index (κ2) is 9.50. The van der Waals surface area contributed by atoms with Crippen LogP contribution in [0.15, 0.2) is 47.7 Å². The summed E-state index contributed by atoms with van der Waals surface area (Å²) in [6, 6.07) is 0. The lowest BCUT2D eigenvalue weighted by Gasteiger charge is -2.20. The molecule has 0 aliphatic carbocycles. The third-order valence-corrected chi connectivity index (χ3v) is 8.02. The second-order valence-electron chi connectivity index (χ2n) is 10.7. The monoisotopic (exact) mass is 592 g/mol. The summed E-state index contributed by atoms with van der Waals surface area (Å²) in [6.07, 6.45) is 4.38. The van der Waals surface area contributed by atoms with Crippen molar-refractivity contribution in [2.45, 2.75) is 19.6 Å². The van der Waals surface area contributed by atoms with Crippen LogP contribution in [0.5, 0.6) is 0 Å². The van der Waals surface area contributed by atoms with E-state index in [4.69, 9.17) is 0 Å². The number of hydrogen-bond donors (Lipinski definition) is 0. The van der Waals surface area contributed by atoms with Gasteiger partial charge in [-0.15, -0.1) is 0 Å². The van der Waals surface area contributed by atoms with Crippen LogP contribution in [0.1, 0.15) is 0 Å². The number of fused-ring (bicyclic) bond motifs is 3. The summed E-state index contributed by atoms with van der Waals surface area (Å²) < 4.78 is 11.7. The number of nitrogens with zero attached hydrogens (tertiary/aromatic N) is 12. The predicted molar refractivity (Wildman–Crippen MR) is 154 cm³/mol. The third kappa shape index (κ3) is 3.89. The van der Waals surface area contributed by atoms with E-state index in [9.17, 15) is 28.8 Å². The van der Waals surface area contributed by atoms with Gasteiger partial charge in [0.1, 0.15) is 0 Å². The van der Waals surface area contributed by atoms with E-state index in [-0.39, 0.29) is 53.1 Å². The van der Waals surface area contributed by atoms with Crippen molar-refractivity contribution in [2.24, 2.45) is 48.2 Å². The zero-order valence-corrected chi connectivity index (χ0v) is 24.2. The normalized spacial score (nSPS) is 12.1. The summed E-state index contributed by atoms with van der Waals surface area (Å²) in [4.78, 5) is 89.8. The van der Waals surface area contributed by atoms with E-state index < -0.39 is 39.7 Å². The Labute approximate surface area is 239 Å². The summed E-state index contributed by atoms with van der Waals surface area (Å²) >= 11 is 0. The van der Waals surface area contributed by atoms with Crippen LogP contribution >= 0.6 is 0 Å². The zero-order valence-electron chi connectivity index (χ0n) is 24.2. The highest BCUT2D eigenvalue weighted by atomic mass is 16.2. The van der Waals surface area contributed by atoms with E-state index in [1.807, 2.05) is 0 Å². The molecule has 0 aliphatic rings. The van der Waals surface area contributed by atoms with Crippen LogP contribution in [0.3, 0.4) is 0 Å². The average Bonchev–Trinajstić information content (AvgIpc) is 3.72. The Bertz CT molecular complexity index is 2210. The molecule has 0 spiro atoms. The molecule has 0 amide bonds. The fourth-order valence-corrected chi connectivity index (χ4v) is 5.61. The van der Waals surface area contributed by atoms with Gasteiger partial charge in [0.15, 0.2) is 33.5 Å². The number of aryl methyl sites for hydroxylation is 3. The van der Waals surface area contributed by atoms with E-state index >= 15 is 0 Å². The van der Waals surface area contributed by atoms with Gasteiger partial charge in [-0.2, -0.15) is 0 Å². The molecule has 6 aromatic rings. The van der Waals surface area contributed by atoms with Gasteiger partial charge in [0.05, 0.1) is 19.0 Å². The quantitative estimate of drug-likeness (QED) is 0.194. The molecule has 0 bridgehead atoms. The van der Waals surface area contributed by atoms with E-state index in [1.54, 1.807) is 13.7 Å². The molecule has 6 rings (SSSR count). The lowest BCUT2D eigenvalue weighted by atomic mass is 10.1. The maximum Gasteiger partial charge on any atom is 0.332 e. The SMILES string of the molecule is Cn1c(=O)c2c(ncn2CC(Cn2cnc3c2c(=O)n(C)c(=O)n3C)Cn2cnc3c2c(=O)n(C)c(=O)n3C)n(C)c1=O. The second-order valence-corrected chi connectivity index (χ2v) is 10.7. The van der Waals surface area contributed by atoms with Crippen LogP contribution in [-0.2, 0) is 61.9 Å². The van der Waals surface area contributed by atoms with Gasteiger partial charge in [-0.3, -0.25) is 41.8 Å². The van der Waals surface area contributed by atoms with Crippen molar-refractivity contribution in [1.29, 1.82) is 0 Å². The van der Waals surface area contributed by atoms with E-state index in [1.165, 1.54) is 75.0 Å². The molecule has 0 saturated carbocycles. The highest BCUT2D eigenvalue weighted by Gasteiger charge is 2.23. The van der Waals surface area contributed by atoms with E-state index in [0.29, 0.717) is 0 Å². The molecule has 0 N–H and O–H groups in total. The summed E-state index contributed by atoms with van der Waals surface area (Å²) in [6.45, 7) is 0.504. The Hall–Kier alpha value is -5.55. The van der Waals surface area contributed by atoms with E-state index in [2.05, 4.69) is 15.0 Å². The smallest absolute Gasteiger partial charge is 0.324 e. The number of aromatic nitrogens is 12. The highest BCUT2D eigenvalue weighted by Crippen LogP contribution is 2.18. The Kier molecular flexibility index (Phi) is 6.10. The maximum atomic E-state index is 13.2. The molecule has 0 aromatic carbocycles. The van der Waals surface area contributed by atoms with Crippen molar-refractivity contribution in [3.63, 3.8) is 0 Å². The first-order chi connectivity index (χ1) is 20.3. The molecule has 6 aromatic heterocycles. The molecule has 18 heteroatoms. The van der Waals surface area contributed by atoms with Crippen LogP contribution in [0.4, 0.5) is 0 Å². The van der Waals surface area contributed by atoms with Gasteiger partial charge >= 0.3 is 17.1 Å². The molecular weight excluding hydrogens is 564 g/mol. The highest BCUT2D eigenvalue weighted by molar-refractivity contribution is 5.71. The largest absolute Gasteiger partial charge is 0.332 e. The Morgan fingerprint density at radius 3 is 0.977 bits per heavy atom. The molecule has 0 saturated heterocycles. The van der Waals surface area contributed by atoms with Gasteiger partial charge < -0.3 is 13.7 Å². The van der Waals surface area contributed by atoms with Crippen molar-refractivity contribution < 1.29 is 0 Å². The van der Waals surface area contributed by atoms with Gasteiger partial charge in [0.2, 0.25) is 0 Å². The van der Waals surface area contributed by atoms with Crippen LogP contribution < -0.4 is 33.7 Å². The fraction of sp³-hybridized carbons (Fsp3) is 0.400. The average molecular weight is 593 g/mol. The molecule has 224 valence electrons. The minimum Gasteiger partial charge on any atom is -0.324 e. The minimum atomic E-state index is -0.525. The molecule has 6 heterocycles. The lowest BCUT2D eigenvalue weighted by molar-refractivity contribution is 0.347. The third-order valence-electron chi connectivity index (χ3n) is 8.02. The fourth-order valence-electron chi connectivity index (χ4n) is 5.61. The molecule has 0 aliphatic heterocycles. The molecular formula is C25H28N12O6. The van der Waals surface area contributed by atoms with Crippen LogP contribution in [-0.4, -0.2) is 56.1 Å². The molecule has 0 unspecified atom stereocenters. The summed E-state index contributed by atoms with van der Waals surface area (Å²) in [5, 5.41) is 0. The first kappa shape index (κ1) is 27.6. The van der Waals surface area contributed by atoms with E-state index in [0.717, 1.165) is 13.7 Å². The maximum absolute atomic E-state index is 13.2. The molecule has 18 nitrogen and oxygen atoms in total. The number of imidazole rings is 3. The molecule has 43 heavy (non-hydrogen) atoms. The molecule has 0 radical (unpaired) electrons. The number of rotatable bonds is 6. The Balaban J connectivity index is 1.53.